The minimum absolute atomic E-state index is 0.126. The van der Waals surface area contributed by atoms with Gasteiger partial charge in [-0.25, -0.2) is 0 Å². The van der Waals surface area contributed by atoms with Crippen molar-refractivity contribution in [3.63, 3.8) is 0 Å². The van der Waals surface area contributed by atoms with Crippen LogP contribution in [0, 0.1) is 0 Å². The van der Waals surface area contributed by atoms with Crippen molar-refractivity contribution in [3.05, 3.63) is 42.0 Å². The molecule has 1 fully saturated rings. The molecule has 3 rings (SSSR count). The van der Waals surface area contributed by atoms with E-state index in [1.165, 1.54) is 17.7 Å². The Morgan fingerprint density at radius 3 is 2.15 bits per heavy atom. The van der Waals surface area contributed by atoms with Crippen molar-refractivity contribution in [2.75, 3.05) is 34.4 Å². The number of rotatable bonds is 14. The maximum atomic E-state index is 13.3. The Labute approximate surface area is 231 Å². The van der Waals surface area contributed by atoms with E-state index in [0.29, 0.717) is 30.2 Å². The number of ether oxygens (including phenoxy) is 3. The Kier molecular flexibility index (Phi) is 11.0. The molecule has 9 nitrogen and oxygen atoms in total. The normalized spacial score (nSPS) is 17.0. The van der Waals surface area contributed by atoms with Gasteiger partial charge < -0.3 is 29.7 Å². The van der Waals surface area contributed by atoms with E-state index in [9.17, 15) is 14.4 Å². The molecule has 2 N–H and O–H groups in total. The Balaban J connectivity index is 1.65. The SMILES string of the molecule is CCCCCCCNC(=O)CN1C(=O)C(Cc2ccc(-c3cc(OC)c(OC)c(OC)c3)cc2)NC(=O)[C@@H]1C. The number of carbonyl (C=O) groups excluding carboxylic acids is 3. The maximum Gasteiger partial charge on any atom is 0.246 e. The Bertz CT molecular complexity index is 1110. The van der Waals surface area contributed by atoms with Crippen molar-refractivity contribution >= 4 is 17.7 Å². The third-order valence-corrected chi connectivity index (χ3v) is 7.05. The van der Waals surface area contributed by atoms with E-state index in [-0.39, 0.29) is 24.3 Å². The van der Waals surface area contributed by atoms with Crippen LogP contribution in [-0.2, 0) is 20.8 Å². The molecule has 0 radical (unpaired) electrons. The highest BCUT2D eigenvalue weighted by atomic mass is 16.5. The fraction of sp³-hybridized carbons (Fsp3) is 0.500. The number of piperazine rings is 1. The highest BCUT2D eigenvalue weighted by Crippen LogP contribution is 2.41. The second kappa shape index (κ2) is 14.4. The van der Waals surface area contributed by atoms with Gasteiger partial charge in [0.05, 0.1) is 21.3 Å². The number of hydrogen-bond acceptors (Lipinski definition) is 6. The van der Waals surface area contributed by atoms with E-state index in [2.05, 4.69) is 17.6 Å². The molecule has 1 unspecified atom stereocenters. The third kappa shape index (κ3) is 7.65. The molecule has 1 aliphatic rings. The van der Waals surface area contributed by atoms with Crippen molar-refractivity contribution in [2.24, 2.45) is 0 Å². The molecule has 39 heavy (non-hydrogen) atoms. The van der Waals surface area contributed by atoms with Gasteiger partial charge in [-0.15, -0.1) is 0 Å². The fourth-order valence-electron chi connectivity index (χ4n) is 4.72. The first kappa shape index (κ1) is 29.8. The van der Waals surface area contributed by atoms with Gasteiger partial charge in [0.1, 0.15) is 18.6 Å². The predicted octanol–water partition coefficient (Wildman–Crippen LogP) is 3.72. The average Bonchev–Trinajstić information content (AvgIpc) is 2.95. The van der Waals surface area contributed by atoms with Gasteiger partial charge in [0, 0.05) is 13.0 Å². The lowest BCUT2D eigenvalue weighted by Crippen LogP contribution is -2.64. The van der Waals surface area contributed by atoms with E-state index in [4.69, 9.17) is 14.2 Å². The van der Waals surface area contributed by atoms with Crippen LogP contribution in [0.1, 0.15) is 51.5 Å². The molecular weight excluding hydrogens is 498 g/mol. The second-order valence-corrected chi connectivity index (χ2v) is 9.78. The summed E-state index contributed by atoms with van der Waals surface area (Å²) in [7, 11) is 4.70. The number of hydrogen-bond donors (Lipinski definition) is 2. The van der Waals surface area contributed by atoms with Crippen LogP contribution in [0.4, 0.5) is 0 Å². The van der Waals surface area contributed by atoms with E-state index in [1.54, 1.807) is 28.3 Å². The number of amides is 3. The largest absolute Gasteiger partial charge is 0.493 e. The average molecular weight is 540 g/mol. The lowest BCUT2D eigenvalue weighted by molar-refractivity contribution is -0.150. The summed E-state index contributed by atoms with van der Waals surface area (Å²) in [6.07, 6.45) is 5.81. The molecule has 2 aromatic carbocycles. The molecule has 0 saturated carbocycles. The van der Waals surface area contributed by atoms with Crippen LogP contribution in [0.5, 0.6) is 17.2 Å². The minimum Gasteiger partial charge on any atom is -0.493 e. The number of methoxy groups -OCH3 is 3. The molecule has 0 spiro atoms. The predicted molar refractivity (Wildman–Crippen MR) is 150 cm³/mol. The first-order valence-electron chi connectivity index (χ1n) is 13.6. The molecule has 2 aromatic rings. The Morgan fingerprint density at radius 2 is 1.56 bits per heavy atom. The molecule has 0 bridgehead atoms. The van der Waals surface area contributed by atoms with Crippen LogP contribution in [-0.4, -0.2) is 69.1 Å². The van der Waals surface area contributed by atoms with Gasteiger partial charge in [-0.05, 0) is 42.2 Å². The third-order valence-electron chi connectivity index (χ3n) is 7.05. The van der Waals surface area contributed by atoms with E-state index < -0.39 is 12.1 Å². The first-order chi connectivity index (χ1) is 18.8. The zero-order valence-electron chi connectivity index (χ0n) is 23.7. The van der Waals surface area contributed by atoms with Gasteiger partial charge in [-0.1, -0.05) is 56.9 Å². The van der Waals surface area contributed by atoms with Crippen LogP contribution in [0.2, 0.25) is 0 Å². The van der Waals surface area contributed by atoms with Crippen LogP contribution in [0.25, 0.3) is 11.1 Å². The topological polar surface area (TPSA) is 106 Å². The summed E-state index contributed by atoms with van der Waals surface area (Å²) in [6, 6.07) is 10.0. The minimum atomic E-state index is -0.734. The van der Waals surface area contributed by atoms with Gasteiger partial charge in [-0.2, -0.15) is 0 Å². The number of nitrogens with one attached hydrogen (secondary N) is 2. The van der Waals surface area contributed by atoms with Gasteiger partial charge in [0.2, 0.25) is 23.5 Å². The first-order valence-corrected chi connectivity index (χ1v) is 13.6. The molecule has 1 aliphatic heterocycles. The van der Waals surface area contributed by atoms with Crippen molar-refractivity contribution in [1.29, 1.82) is 0 Å². The molecule has 2 atom stereocenters. The summed E-state index contributed by atoms with van der Waals surface area (Å²) in [5.41, 5.74) is 2.70. The van der Waals surface area contributed by atoms with Gasteiger partial charge in [0.15, 0.2) is 11.5 Å². The smallest absolute Gasteiger partial charge is 0.246 e. The molecule has 0 aliphatic carbocycles. The molecule has 9 heteroatoms. The van der Waals surface area contributed by atoms with E-state index in [1.807, 2.05) is 36.4 Å². The second-order valence-electron chi connectivity index (χ2n) is 9.78. The number of unbranched alkanes of at least 4 members (excludes halogenated alkanes) is 4. The maximum absolute atomic E-state index is 13.3. The highest BCUT2D eigenvalue weighted by molar-refractivity contribution is 5.98. The Hall–Kier alpha value is -3.75. The molecule has 3 amide bonds. The summed E-state index contributed by atoms with van der Waals surface area (Å²) in [5, 5.41) is 5.70. The van der Waals surface area contributed by atoms with Crippen molar-refractivity contribution < 1.29 is 28.6 Å². The van der Waals surface area contributed by atoms with Crippen molar-refractivity contribution in [1.82, 2.24) is 15.5 Å². The van der Waals surface area contributed by atoms with E-state index >= 15 is 0 Å². The zero-order valence-corrected chi connectivity index (χ0v) is 23.7. The van der Waals surface area contributed by atoms with Gasteiger partial charge in [-0.3, -0.25) is 14.4 Å². The highest BCUT2D eigenvalue weighted by Gasteiger charge is 2.38. The van der Waals surface area contributed by atoms with Crippen LogP contribution in [0.3, 0.4) is 0 Å². The van der Waals surface area contributed by atoms with Crippen LogP contribution >= 0.6 is 0 Å². The fourth-order valence-corrected chi connectivity index (χ4v) is 4.72. The standard InChI is InChI=1S/C30H41N3O6/c1-6-7-8-9-10-15-31-27(34)19-33-20(2)29(35)32-24(30(33)36)16-21-11-13-22(14-12-21)23-17-25(37-3)28(39-5)26(18-23)38-4/h11-14,17-18,20,24H,6-10,15-16,19H2,1-5H3,(H,31,34)(H,32,35)/t20-,24?/m0/s1. The van der Waals surface area contributed by atoms with Crippen molar-refractivity contribution in [2.45, 2.75) is 64.5 Å². The Morgan fingerprint density at radius 1 is 0.923 bits per heavy atom. The lowest BCUT2D eigenvalue weighted by atomic mass is 9.97. The monoisotopic (exact) mass is 539 g/mol. The number of nitrogens with zero attached hydrogens (tertiary/aromatic N) is 1. The molecular formula is C30H41N3O6. The summed E-state index contributed by atoms with van der Waals surface area (Å²) >= 11 is 0. The van der Waals surface area contributed by atoms with Crippen molar-refractivity contribution in [3.8, 4) is 28.4 Å². The number of benzene rings is 2. The lowest BCUT2D eigenvalue weighted by Gasteiger charge is -2.37. The molecule has 0 aromatic heterocycles. The van der Waals surface area contributed by atoms with Gasteiger partial charge >= 0.3 is 0 Å². The van der Waals surface area contributed by atoms with Crippen LogP contribution < -0.4 is 24.8 Å². The molecule has 212 valence electrons. The summed E-state index contributed by atoms with van der Waals surface area (Å²) in [4.78, 5) is 39.8. The summed E-state index contributed by atoms with van der Waals surface area (Å²) in [5.74, 6) is 0.873. The molecule has 1 heterocycles. The quantitative estimate of drug-likeness (QED) is 0.355. The molecule has 1 saturated heterocycles. The zero-order chi connectivity index (χ0) is 28.4. The summed E-state index contributed by atoms with van der Waals surface area (Å²) in [6.45, 7) is 4.26. The summed E-state index contributed by atoms with van der Waals surface area (Å²) < 4.78 is 16.3. The van der Waals surface area contributed by atoms with Gasteiger partial charge in [0.25, 0.3) is 0 Å². The number of carbonyl (C=O) groups is 3. The van der Waals surface area contributed by atoms with Crippen LogP contribution in [0.15, 0.2) is 36.4 Å². The van der Waals surface area contributed by atoms with E-state index in [0.717, 1.165) is 36.0 Å².